The Labute approximate surface area is 120 Å². The maximum Gasteiger partial charge on any atom is 0.251 e. The highest BCUT2D eigenvalue weighted by atomic mass is 16.3. The molecule has 3 nitrogen and oxygen atoms in total. The topological polar surface area (TPSA) is 49.3 Å². The molecule has 0 bridgehead atoms. The molecule has 2 atom stereocenters. The zero-order valence-corrected chi connectivity index (χ0v) is 11.9. The van der Waals surface area contributed by atoms with E-state index in [1.165, 1.54) is 24.0 Å². The van der Waals surface area contributed by atoms with Gasteiger partial charge in [-0.2, -0.15) is 0 Å². The quantitative estimate of drug-likeness (QED) is 0.888. The fourth-order valence-electron chi connectivity index (χ4n) is 3.45. The van der Waals surface area contributed by atoms with Gasteiger partial charge in [-0.1, -0.05) is 6.07 Å². The molecule has 1 amide bonds. The van der Waals surface area contributed by atoms with Crippen molar-refractivity contribution in [1.82, 2.24) is 5.32 Å². The highest BCUT2D eigenvalue weighted by Crippen LogP contribution is 2.25. The van der Waals surface area contributed by atoms with E-state index >= 15 is 0 Å². The predicted molar refractivity (Wildman–Crippen MR) is 78.8 cm³/mol. The van der Waals surface area contributed by atoms with Crippen molar-refractivity contribution in [3.63, 3.8) is 0 Å². The summed E-state index contributed by atoms with van der Waals surface area (Å²) in [7, 11) is 0. The Morgan fingerprint density at radius 2 is 2.00 bits per heavy atom. The summed E-state index contributed by atoms with van der Waals surface area (Å²) in [6.07, 6.45) is 7.30. The van der Waals surface area contributed by atoms with Crippen LogP contribution in [0.4, 0.5) is 0 Å². The zero-order chi connectivity index (χ0) is 13.9. The third kappa shape index (κ3) is 3.04. The Hall–Kier alpha value is -1.35. The van der Waals surface area contributed by atoms with Crippen LogP contribution in [0.5, 0.6) is 0 Å². The molecule has 3 rings (SSSR count). The minimum absolute atomic E-state index is 0.0276. The van der Waals surface area contributed by atoms with Gasteiger partial charge in [0.25, 0.3) is 5.91 Å². The van der Waals surface area contributed by atoms with Crippen LogP contribution in [0.25, 0.3) is 0 Å². The van der Waals surface area contributed by atoms with Crippen molar-refractivity contribution in [2.75, 3.05) is 6.54 Å². The highest BCUT2D eigenvalue weighted by molar-refractivity contribution is 5.94. The number of nitrogens with one attached hydrogen (secondary N) is 1. The molecule has 2 aliphatic rings. The normalized spacial score (nSPS) is 25.2. The molecule has 1 aromatic carbocycles. The molecule has 0 radical (unpaired) electrons. The standard InChI is InChI=1S/C17H23NO2/c19-16-8-5-12(9-16)11-18-17(20)15-7-6-13-3-1-2-4-14(13)10-15/h6-7,10,12,16,19H,1-5,8-9,11H2,(H,18,20). The van der Waals surface area contributed by atoms with Gasteiger partial charge >= 0.3 is 0 Å². The van der Waals surface area contributed by atoms with Crippen LogP contribution in [0, 0.1) is 5.92 Å². The van der Waals surface area contributed by atoms with Gasteiger partial charge in [0.1, 0.15) is 0 Å². The number of aryl methyl sites for hydroxylation is 2. The Bertz CT molecular complexity index is 498. The van der Waals surface area contributed by atoms with Crippen molar-refractivity contribution in [3.05, 3.63) is 34.9 Å². The summed E-state index contributed by atoms with van der Waals surface area (Å²) in [6, 6.07) is 6.12. The van der Waals surface area contributed by atoms with Gasteiger partial charge in [-0.15, -0.1) is 0 Å². The number of amides is 1. The van der Waals surface area contributed by atoms with Gasteiger partial charge in [0, 0.05) is 12.1 Å². The molecular weight excluding hydrogens is 250 g/mol. The molecular formula is C17H23NO2. The first-order valence-electron chi connectivity index (χ1n) is 7.80. The van der Waals surface area contributed by atoms with Crippen molar-refractivity contribution in [2.24, 2.45) is 5.92 Å². The molecule has 108 valence electrons. The predicted octanol–water partition coefficient (Wildman–Crippen LogP) is 2.46. The molecule has 0 aromatic heterocycles. The first kappa shape index (κ1) is 13.6. The number of carbonyl (C=O) groups is 1. The highest BCUT2D eigenvalue weighted by Gasteiger charge is 2.23. The Morgan fingerprint density at radius 1 is 1.20 bits per heavy atom. The lowest BCUT2D eigenvalue weighted by Crippen LogP contribution is -2.28. The average molecular weight is 273 g/mol. The summed E-state index contributed by atoms with van der Waals surface area (Å²) >= 11 is 0. The molecule has 1 aromatic rings. The summed E-state index contributed by atoms with van der Waals surface area (Å²) < 4.78 is 0. The lowest BCUT2D eigenvalue weighted by atomic mass is 9.90. The van der Waals surface area contributed by atoms with E-state index in [0.29, 0.717) is 12.5 Å². The Kier molecular flexibility index (Phi) is 4.06. The number of rotatable bonds is 3. The fraction of sp³-hybridized carbons (Fsp3) is 0.588. The summed E-state index contributed by atoms with van der Waals surface area (Å²) in [4.78, 5) is 12.2. The van der Waals surface area contributed by atoms with Crippen LogP contribution < -0.4 is 5.32 Å². The van der Waals surface area contributed by atoms with Gasteiger partial charge in [-0.25, -0.2) is 0 Å². The second-order valence-electron chi connectivity index (χ2n) is 6.23. The maximum absolute atomic E-state index is 12.2. The maximum atomic E-state index is 12.2. The zero-order valence-electron chi connectivity index (χ0n) is 11.9. The molecule has 20 heavy (non-hydrogen) atoms. The van der Waals surface area contributed by atoms with Gasteiger partial charge in [0.05, 0.1) is 6.10 Å². The third-order valence-electron chi connectivity index (χ3n) is 4.68. The molecule has 0 aliphatic heterocycles. The van der Waals surface area contributed by atoms with Gasteiger partial charge < -0.3 is 10.4 Å². The first-order valence-corrected chi connectivity index (χ1v) is 7.80. The van der Waals surface area contributed by atoms with Crippen molar-refractivity contribution in [1.29, 1.82) is 0 Å². The molecule has 0 heterocycles. The number of benzene rings is 1. The van der Waals surface area contributed by atoms with Gasteiger partial charge in [0.15, 0.2) is 0 Å². The lowest BCUT2D eigenvalue weighted by molar-refractivity contribution is 0.0945. The summed E-state index contributed by atoms with van der Waals surface area (Å²) in [5, 5.41) is 12.5. The van der Waals surface area contributed by atoms with Crippen molar-refractivity contribution in [2.45, 2.75) is 51.0 Å². The fourth-order valence-corrected chi connectivity index (χ4v) is 3.45. The summed E-state index contributed by atoms with van der Waals surface area (Å²) in [5.41, 5.74) is 3.54. The van der Waals surface area contributed by atoms with Crippen LogP contribution in [0.15, 0.2) is 18.2 Å². The second-order valence-corrected chi connectivity index (χ2v) is 6.23. The van der Waals surface area contributed by atoms with E-state index in [0.717, 1.165) is 37.7 Å². The van der Waals surface area contributed by atoms with Gasteiger partial charge in [-0.05, 0) is 74.1 Å². The first-order chi connectivity index (χ1) is 9.72. The number of fused-ring (bicyclic) bond motifs is 1. The Morgan fingerprint density at radius 3 is 2.75 bits per heavy atom. The monoisotopic (exact) mass is 273 g/mol. The van der Waals surface area contributed by atoms with Crippen LogP contribution in [0.3, 0.4) is 0 Å². The Balaban J connectivity index is 1.59. The van der Waals surface area contributed by atoms with Crippen LogP contribution in [-0.2, 0) is 12.8 Å². The van der Waals surface area contributed by atoms with E-state index in [-0.39, 0.29) is 12.0 Å². The third-order valence-corrected chi connectivity index (χ3v) is 4.68. The number of aliphatic hydroxyl groups is 1. The van der Waals surface area contributed by atoms with Crippen molar-refractivity contribution in [3.8, 4) is 0 Å². The van der Waals surface area contributed by atoms with Crippen LogP contribution in [0.2, 0.25) is 0 Å². The average Bonchev–Trinajstić information content (AvgIpc) is 2.90. The van der Waals surface area contributed by atoms with Crippen LogP contribution in [0.1, 0.15) is 53.6 Å². The summed E-state index contributed by atoms with van der Waals surface area (Å²) in [5.74, 6) is 0.464. The van der Waals surface area contributed by atoms with E-state index in [1.807, 2.05) is 6.07 Å². The molecule has 1 fully saturated rings. The largest absolute Gasteiger partial charge is 0.393 e. The SMILES string of the molecule is O=C(NCC1CCC(O)C1)c1ccc2c(c1)CCCC2. The number of hydrogen-bond acceptors (Lipinski definition) is 2. The number of carbonyl (C=O) groups excluding carboxylic acids is 1. The van der Waals surface area contributed by atoms with Crippen molar-refractivity contribution >= 4 is 5.91 Å². The molecule has 2 unspecified atom stereocenters. The molecule has 3 heteroatoms. The van der Waals surface area contributed by atoms with E-state index in [4.69, 9.17) is 0 Å². The minimum Gasteiger partial charge on any atom is -0.393 e. The number of hydrogen-bond donors (Lipinski definition) is 2. The smallest absolute Gasteiger partial charge is 0.251 e. The van der Waals surface area contributed by atoms with E-state index in [2.05, 4.69) is 17.4 Å². The molecule has 1 saturated carbocycles. The van der Waals surface area contributed by atoms with Crippen LogP contribution in [-0.4, -0.2) is 23.7 Å². The summed E-state index contributed by atoms with van der Waals surface area (Å²) in [6.45, 7) is 0.687. The van der Waals surface area contributed by atoms with Gasteiger partial charge in [0.2, 0.25) is 0 Å². The van der Waals surface area contributed by atoms with Crippen molar-refractivity contribution < 1.29 is 9.90 Å². The molecule has 2 N–H and O–H groups in total. The molecule has 2 aliphatic carbocycles. The molecule has 0 spiro atoms. The van der Waals surface area contributed by atoms with Gasteiger partial charge in [-0.3, -0.25) is 4.79 Å². The van der Waals surface area contributed by atoms with E-state index < -0.39 is 0 Å². The minimum atomic E-state index is -0.166. The van der Waals surface area contributed by atoms with Crippen LogP contribution >= 0.6 is 0 Å². The van der Waals surface area contributed by atoms with E-state index in [1.54, 1.807) is 0 Å². The van der Waals surface area contributed by atoms with E-state index in [9.17, 15) is 9.90 Å². The second kappa shape index (κ2) is 5.96. The number of aliphatic hydroxyl groups excluding tert-OH is 1. The molecule has 0 saturated heterocycles. The lowest BCUT2D eigenvalue weighted by Gasteiger charge is -2.17.